The van der Waals surface area contributed by atoms with Gasteiger partial charge in [-0.25, -0.2) is 9.07 Å². The highest BCUT2D eigenvalue weighted by atomic mass is 35.5. The Morgan fingerprint density at radius 2 is 1.97 bits per heavy atom. The lowest BCUT2D eigenvalue weighted by Gasteiger charge is -2.24. The fraction of sp³-hybridized carbons (Fsp3) is 0.276. The second-order valence-electron chi connectivity index (χ2n) is 10.3. The average molecular weight is 567 g/mol. The molecule has 2 aromatic heterocycles. The van der Waals surface area contributed by atoms with Crippen LogP contribution in [0.5, 0.6) is 0 Å². The summed E-state index contributed by atoms with van der Waals surface area (Å²) in [5, 5.41) is 7.95. The van der Waals surface area contributed by atoms with E-state index in [1.165, 1.54) is 35.1 Å². The molecular formula is C29H28ClFN4O3S. The maximum absolute atomic E-state index is 14.4. The molecule has 39 heavy (non-hydrogen) atoms. The predicted octanol–water partition coefficient (Wildman–Crippen LogP) is 6.04. The summed E-state index contributed by atoms with van der Waals surface area (Å²) in [5.74, 6) is 0.207. The van der Waals surface area contributed by atoms with Crippen molar-refractivity contribution in [3.8, 4) is 5.69 Å². The SMILES string of the molecule is CC(C)(C)c1nn(-c2cccc(Cl)c2)c2c1C(c1cccc(F)c1)SCC(=O)N2CC(=O)NCc1ccco1. The second-order valence-corrected chi connectivity index (χ2v) is 11.8. The molecule has 1 atom stereocenters. The van der Waals surface area contributed by atoms with Gasteiger partial charge >= 0.3 is 0 Å². The van der Waals surface area contributed by atoms with E-state index >= 15 is 0 Å². The zero-order valence-corrected chi connectivity index (χ0v) is 23.4. The van der Waals surface area contributed by atoms with Gasteiger partial charge in [0, 0.05) is 16.0 Å². The summed E-state index contributed by atoms with van der Waals surface area (Å²) in [5.41, 5.74) is 2.45. The van der Waals surface area contributed by atoms with Crippen LogP contribution in [0.3, 0.4) is 0 Å². The first-order valence-electron chi connectivity index (χ1n) is 12.5. The Kier molecular flexibility index (Phi) is 7.55. The molecule has 2 amide bonds. The zero-order chi connectivity index (χ0) is 27.7. The molecular weight excluding hydrogens is 539 g/mol. The molecule has 5 rings (SSSR count). The van der Waals surface area contributed by atoms with Gasteiger partial charge in [-0.3, -0.25) is 14.5 Å². The van der Waals surface area contributed by atoms with Crippen LogP contribution in [0.2, 0.25) is 5.02 Å². The minimum absolute atomic E-state index is 0.0977. The standard InChI is InChI=1S/C29H28ClFN4O3S/c1-29(2,3)27-25-26(18-7-4-9-20(31)13-18)39-17-24(37)34(16-23(36)32-15-22-11-6-12-38-22)28(25)35(33-27)21-10-5-8-19(30)14-21/h4-14,26H,15-17H2,1-3H3,(H,32,36). The Labute approximate surface area is 235 Å². The number of carbonyl (C=O) groups excluding carboxylic acids is 2. The largest absolute Gasteiger partial charge is 0.467 e. The summed E-state index contributed by atoms with van der Waals surface area (Å²) in [6.07, 6.45) is 1.54. The van der Waals surface area contributed by atoms with Crippen LogP contribution in [0.25, 0.3) is 5.69 Å². The second kappa shape index (κ2) is 10.9. The third kappa shape index (κ3) is 5.74. The van der Waals surface area contributed by atoms with Gasteiger partial charge in [0.1, 0.15) is 23.9 Å². The molecule has 0 saturated heterocycles. The van der Waals surface area contributed by atoms with Crippen molar-refractivity contribution in [3.63, 3.8) is 0 Å². The zero-order valence-electron chi connectivity index (χ0n) is 21.8. The highest BCUT2D eigenvalue weighted by Crippen LogP contribution is 2.48. The monoisotopic (exact) mass is 566 g/mol. The number of amides is 2. The summed E-state index contributed by atoms with van der Waals surface area (Å²) in [7, 11) is 0. The third-order valence-electron chi connectivity index (χ3n) is 6.35. The number of benzene rings is 2. The van der Waals surface area contributed by atoms with Crippen LogP contribution >= 0.6 is 23.4 Å². The lowest BCUT2D eigenvalue weighted by Crippen LogP contribution is -2.42. The van der Waals surface area contributed by atoms with Crippen LogP contribution in [0.1, 0.15) is 48.6 Å². The smallest absolute Gasteiger partial charge is 0.240 e. The van der Waals surface area contributed by atoms with E-state index in [9.17, 15) is 14.0 Å². The first-order valence-corrected chi connectivity index (χ1v) is 13.9. The molecule has 1 unspecified atom stereocenters. The fourth-order valence-corrected chi connectivity index (χ4v) is 5.96. The van der Waals surface area contributed by atoms with Crippen molar-refractivity contribution >= 4 is 41.0 Å². The van der Waals surface area contributed by atoms with E-state index in [0.717, 1.165) is 11.3 Å². The number of rotatable bonds is 6. The van der Waals surface area contributed by atoms with E-state index in [2.05, 4.69) is 5.32 Å². The van der Waals surface area contributed by atoms with Gasteiger partial charge in [0.15, 0.2) is 0 Å². The number of carbonyl (C=O) groups is 2. The van der Waals surface area contributed by atoms with Crippen molar-refractivity contribution in [2.45, 2.75) is 38.0 Å². The topological polar surface area (TPSA) is 80.4 Å². The highest BCUT2D eigenvalue weighted by molar-refractivity contribution is 8.00. The molecule has 3 heterocycles. The molecule has 0 fully saturated rings. The Morgan fingerprint density at radius 3 is 2.67 bits per heavy atom. The molecule has 202 valence electrons. The van der Waals surface area contributed by atoms with Gasteiger partial charge in [0.2, 0.25) is 11.8 Å². The van der Waals surface area contributed by atoms with Gasteiger partial charge < -0.3 is 9.73 Å². The number of halogens is 2. The van der Waals surface area contributed by atoms with Crippen molar-refractivity contribution < 1.29 is 18.4 Å². The Morgan fingerprint density at radius 1 is 1.18 bits per heavy atom. The van der Waals surface area contributed by atoms with E-state index in [4.69, 9.17) is 21.1 Å². The Hall–Kier alpha value is -3.56. The summed E-state index contributed by atoms with van der Waals surface area (Å²) in [6.45, 7) is 6.09. The number of hydrogen-bond acceptors (Lipinski definition) is 5. The number of anilines is 1. The minimum Gasteiger partial charge on any atom is -0.467 e. The van der Waals surface area contributed by atoms with Crippen molar-refractivity contribution in [1.82, 2.24) is 15.1 Å². The minimum atomic E-state index is -0.430. The molecule has 0 radical (unpaired) electrons. The highest BCUT2D eigenvalue weighted by Gasteiger charge is 2.40. The maximum atomic E-state index is 14.4. The quantitative estimate of drug-likeness (QED) is 0.308. The molecule has 1 aliphatic rings. The molecule has 0 saturated carbocycles. The molecule has 4 aromatic rings. The summed E-state index contributed by atoms with van der Waals surface area (Å²) >= 11 is 7.74. The van der Waals surface area contributed by atoms with Crippen LogP contribution in [-0.4, -0.2) is 33.9 Å². The number of nitrogens with zero attached hydrogens (tertiary/aromatic N) is 3. The van der Waals surface area contributed by atoms with Crippen molar-refractivity contribution in [3.05, 3.63) is 100 Å². The van der Waals surface area contributed by atoms with Gasteiger partial charge in [0.05, 0.1) is 35.2 Å². The molecule has 1 aliphatic heterocycles. The molecule has 7 nitrogen and oxygen atoms in total. The molecule has 0 spiro atoms. The van der Waals surface area contributed by atoms with Crippen LogP contribution < -0.4 is 10.2 Å². The van der Waals surface area contributed by atoms with Crippen LogP contribution in [0.4, 0.5) is 10.2 Å². The number of aromatic nitrogens is 2. The number of fused-ring (bicyclic) bond motifs is 1. The Balaban J connectivity index is 1.68. The average Bonchev–Trinajstić information content (AvgIpc) is 3.52. The number of furan rings is 1. The first-order chi connectivity index (χ1) is 18.6. The van der Waals surface area contributed by atoms with E-state index in [1.807, 2.05) is 32.9 Å². The van der Waals surface area contributed by atoms with Gasteiger partial charge in [-0.2, -0.15) is 5.10 Å². The Bertz CT molecular complexity index is 1510. The van der Waals surface area contributed by atoms with Gasteiger partial charge in [-0.05, 0) is 48.0 Å². The molecule has 10 heteroatoms. The molecule has 2 aromatic carbocycles. The van der Waals surface area contributed by atoms with Crippen LogP contribution in [-0.2, 0) is 21.5 Å². The fourth-order valence-electron chi connectivity index (χ4n) is 4.59. The predicted molar refractivity (Wildman–Crippen MR) is 151 cm³/mol. The summed E-state index contributed by atoms with van der Waals surface area (Å²) in [6, 6.07) is 17.1. The number of nitrogens with one attached hydrogen (secondary N) is 1. The van der Waals surface area contributed by atoms with E-state index in [1.54, 1.807) is 41.1 Å². The number of thioether (sulfide) groups is 1. The van der Waals surface area contributed by atoms with E-state index in [0.29, 0.717) is 27.9 Å². The lowest BCUT2D eigenvalue weighted by atomic mass is 9.87. The molecule has 0 aliphatic carbocycles. The van der Waals surface area contributed by atoms with E-state index < -0.39 is 10.7 Å². The maximum Gasteiger partial charge on any atom is 0.240 e. The van der Waals surface area contributed by atoms with Gasteiger partial charge in [0.25, 0.3) is 0 Å². The lowest BCUT2D eigenvalue weighted by molar-refractivity contribution is -0.123. The first kappa shape index (κ1) is 27.0. The molecule has 0 bridgehead atoms. The van der Waals surface area contributed by atoms with Crippen molar-refractivity contribution in [2.24, 2.45) is 0 Å². The van der Waals surface area contributed by atoms with Crippen LogP contribution in [0, 0.1) is 5.82 Å². The van der Waals surface area contributed by atoms with Crippen molar-refractivity contribution in [2.75, 3.05) is 17.2 Å². The molecule has 1 N–H and O–H groups in total. The number of hydrogen-bond donors (Lipinski definition) is 1. The van der Waals surface area contributed by atoms with Gasteiger partial charge in [-0.1, -0.05) is 50.6 Å². The normalized spacial score (nSPS) is 15.7. The summed E-state index contributed by atoms with van der Waals surface area (Å²) in [4.78, 5) is 28.3. The van der Waals surface area contributed by atoms with Crippen LogP contribution in [0.15, 0.2) is 71.3 Å². The summed E-state index contributed by atoms with van der Waals surface area (Å²) < 4.78 is 21.4. The van der Waals surface area contributed by atoms with Crippen molar-refractivity contribution in [1.29, 1.82) is 0 Å². The third-order valence-corrected chi connectivity index (χ3v) is 7.84. The van der Waals surface area contributed by atoms with E-state index in [-0.39, 0.29) is 36.5 Å². The van der Waals surface area contributed by atoms with Gasteiger partial charge in [-0.15, -0.1) is 11.8 Å².